The molecule has 0 aromatic heterocycles. The number of carbonyl (C=O) groups excluding carboxylic acids is 2. The lowest BCUT2D eigenvalue weighted by molar-refractivity contribution is -0.119. The van der Waals surface area contributed by atoms with Gasteiger partial charge in [-0.05, 0) is 53.9 Å². The first kappa shape index (κ1) is 22.8. The van der Waals surface area contributed by atoms with Crippen LogP contribution in [0.2, 0.25) is 0 Å². The fraction of sp³-hybridized carbons (Fsp3) is 0.240. The van der Waals surface area contributed by atoms with Gasteiger partial charge in [0.15, 0.2) is 11.5 Å². The molecule has 7 nitrogen and oxygen atoms in total. The molecule has 166 valence electrons. The number of hydrazone groups is 1. The normalized spacial score (nSPS) is 11.2. The largest absolute Gasteiger partial charge is 0.493 e. The zero-order chi connectivity index (χ0) is 22.9. The van der Waals surface area contributed by atoms with Gasteiger partial charge in [-0.25, -0.2) is 5.43 Å². The first-order chi connectivity index (χ1) is 15.5. The van der Waals surface area contributed by atoms with E-state index in [0.717, 1.165) is 16.3 Å². The predicted molar refractivity (Wildman–Crippen MR) is 125 cm³/mol. The van der Waals surface area contributed by atoms with Gasteiger partial charge in [0.25, 0.3) is 5.91 Å². The van der Waals surface area contributed by atoms with Crippen LogP contribution >= 0.6 is 0 Å². The third-order valence-electron chi connectivity index (χ3n) is 4.96. The molecular formula is C25H27N3O4. The predicted octanol–water partition coefficient (Wildman–Crippen LogP) is 3.71. The number of fused-ring (bicyclic) bond motifs is 1. The van der Waals surface area contributed by atoms with Gasteiger partial charge in [-0.15, -0.1) is 0 Å². The molecule has 0 saturated carbocycles. The van der Waals surface area contributed by atoms with Crippen molar-refractivity contribution in [3.63, 3.8) is 0 Å². The van der Waals surface area contributed by atoms with Crippen molar-refractivity contribution in [3.05, 3.63) is 71.8 Å². The van der Waals surface area contributed by atoms with E-state index < -0.39 is 0 Å². The third kappa shape index (κ3) is 6.07. The minimum Gasteiger partial charge on any atom is -0.493 e. The molecule has 0 aliphatic rings. The van der Waals surface area contributed by atoms with Crippen LogP contribution < -0.4 is 20.2 Å². The molecule has 32 heavy (non-hydrogen) atoms. The molecule has 0 saturated heterocycles. The van der Waals surface area contributed by atoms with Crippen LogP contribution in [-0.4, -0.2) is 38.3 Å². The van der Waals surface area contributed by atoms with E-state index in [1.807, 2.05) is 54.6 Å². The molecule has 3 aromatic carbocycles. The number of methoxy groups -OCH3 is 2. The van der Waals surface area contributed by atoms with Crippen LogP contribution in [0.3, 0.4) is 0 Å². The van der Waals surface area contributed by atoms with Crippen molar-refractivity contribution in [1.82, 2.24) is 10.7 Å². The lowest BCUT2D eigenvalue weighted by atomic mass is 10.1. The summed E-state index contributed by atoms with van der Waals surface area (Å²) in [5, 5.41) is 8.96. The lowest BCUT2D eigenvalue weighted by Crippen LogP contribution is -2.28. The number of hydrogen-bond acceptors (Lipinski definition) is 5. The van der Waals surface area contributed by atoms with Gasteiger partial charge in [0, 0.05) is 17.8 Å². The van der Waals surface area contributed by atoms with E-state index in [9.17, 15) is 9.59 Å². The van der Waals surface area contributed by atoms with Gasteiger partial charge in [0.05, 0.1) is 20.6 Å². The smallest absolute Gasteiger partial charge is 0.271 e. The number of benzene rings is 3. The number of nitrogens with zero attached hydrogens (tertiary/aromatic N) is 1. The molecule has 3 aromatic rings. The Kier molecular flexibility index (Phi) is 7.80. The Balaban J connectivity index is 1.46. The molecule has 2 N–H and O–H groups in total. The van der Waals surface area contributed by atoms with E-state index in [1.54, 1.807) is 27.2 Å². The monoisotopic (exact) mass is 433 g/mol. The van der Waals surface area contributed by atoms with Crippen molar-refractivity contribution >= 4 is 28.3 Å². The van der Waals surface area contributed by atoms with Crippen LogP contribution in [0.15, 0.2) is 65.8 Å². The van der Waals surface area contributed by atoms with Crippen LogP contribution in [0.25, 0.3) is 10.8 Å². The van der Waals surface area contributed by atoms with Gasteiger partial charge in [0.1, 0.15) is 0 Å². The van der Waals surface area contributed by atoms with Crippen LogP contribution in [0.5, 0.6) is 11.5 Å². The fourth-order valence-electron chi connectivity index (χ4n) is 3.26. The minimum absolute atomic E-state index is 0.101. The number of carbonyl (C=O) groups is 2. The number of amides is 2. The average Bonchev–Trinajstić information content (AvgIpc) is 2.82. The Bertz CT molecular complexity index is 1140. The van der Waals surface area contributed by atoms with Gasteiger partial charge in [-0.2, -0.15) is 5.10 Å². The molecule has 0 fully saturated rings. The molecule has 7 heteroatoms. The summed E-state index contributed by atoms with van der Waals surface area (Å²) in [5.41, 5.74) is 4.57. The highest BCUT2D eigenvalue weighted by atomic mass is 16.5. The van der Waals surface area contributed by atoms with Crippen LogP contribution in [0, 0.1) is 0 Å². The number of ether oxygens (including phenoxy) is 2. The van der Waals surface area contributed by atoms with Gasteiger partial charge in [-0.3, -0.25) is 9.59 Å². The van der Waals surface area contributed by atoms with E-state index in [2.05, 4.69) is 15.8 Å². The molecule has 0 atom stereocenters. The summed E-state index contributed by atoms with van der Waals surface area (Å²) in [4.78, 5) is 24.5. The Labute approximate surface area is 187 Å². The molecule has 0 aliphatic heterocycles. The summed E-state index contributed by atoms with van der Waals surface area (Å²) in [7, 11) is 3.18. The van der Waals surface area contributed by atoms with Crippen molar-refractivity contribution in [2.75, 3.05) is 20.8 Å². The number of nitrogens with one attached hydrogen (secondary N) is 2. The van der Waals surface area contributed by atoms with E-state index in [0.29, 0.717) is 35.7 Å². The maximum absolute atomic E-state index is 12.4. The van der Waals surface area contributed by atoms with Crippen molar-refractivity contribution in [2.24, 2.45) is 5.10 Å². The topological polar surface area (TPSA) is 89.0 Å². The number of rotatable bonds is 9. The van der Waals surface area contributed by atoms with Crippen molar-refractivity contribution in [3.8, 4) is 11.5 Å². The van der Waals surface area contributed by atoms with E-state index in [4.69, 9.17) is 9.47 Å². The van der Waals surface area contributed by atoms with Gasteiger partial charge in [-0.1, -0.05) is 36.4 Å². The summed E-state index contributed by atoms with van der Waals surface area (Å²) in [6.07, 6.45) is 0.755. The van der Waals surface area contributed by atoms with E-state index in [-0.39, 0.29) is 18.2 Å². The SMILES string of the molecule is COc1ccc(CCNC(=O)CC(C)=NNC(=O)c2ccc3ccccc3c2)cc1OC. The highest BCUT2D eigenvalue weighted by Crippen LogP contribution is 2.27. The Morgan fingerprint density at radius 3 is 2.41 bits per heavy atom. The third-order valence-corrected chi connectivity index (χ3v) is 4.96. The highest BCUT2D eigenvalue weighted by Gasteiger charge is 2.08. The minimum atomic E-state index is -0.316. The van der Waals surface area contributed by atoms with Crippen molar-refractivity contribution in [1.29, 1.82) is 0 Å². The van der Waals surface area contributed by atoms with Crippen LogP contribution in [0.4, 0.5) is 0 Å². The maximum atomic E-state index is 12.4. The molecule has 0 heterocycles. The fourth-order valence-corrected chi connectivity index (χ4v) is 3.26. The van der Waals surface area contributed by atoms with E-state index in [1.165, 1.54) is 0 Å². The molecule has 0 radical (unpaired) electrons. The average molecular weight is 434 g/mol. The van der Waals surface area contributed by atoms with Gasteiger partial charge in [0.2, 0.25) is 5.91 Å². The Morgan fingerprint density at radius 1 is 0.906 bits per heavy atom. The van der Waals surface area contributed by atoms with Gasteiger partial charge >= 0.3 is 0 Å². The molecule has 0 aliphatic carbocycles. The van der Waals surface area contributed by atoms with Crippen molar-refractivity contribution in [2.45, 2.75) is 19.8 Å². The summed E-state index contributed by atoms with van der Waals surface area (Å²) >= 11 is 0. The Hall–Kier alpha value is -3.87. The maximum Gasteiger partial charge on any atom is 0.271 e. The quantitative estimate of drug-likeness (QED) is 0.398. The second-order valence-corrected chi connectivity index (χ2v) is 7.32. The first-order valence-electron chi connectivity index (χ1n) is 10.3. The van der Waals surface area contributed by atoms with Gasteiger partial charge < -0.3 is 14.8 Å². The Morgan fingerprint density at radius 2 is 1.66 bits per heavy atom. The second kappa shape index (κ2) is 10.9. The molecule has 2 amide bonds. The highest BCUT2D eigenvalue weighted by molar-refractivity contribution is 6.02. The summed E-state index contributed by atoms with van der Waals surface area (Å²) in [5.74, 6) is 0.843. The molecule has 0 spiro atoms. The number of hydrogen-bond donors (Lipinski definition) is 2. The molecular weight excluding hydrogens is 406 g/mol. The van der Waals surface area contributed by atoms with Crippen LogP contribution in [0.1, 0.15) is 29.3 Å². The zero-order valence-corrected chi connectivity index (χ0v) is 18.5. The zero-order valence-electron chi connectivity index (χ0n) is 18.5. The summed E-state index contributed by atoms with van der Waals surface area (Å²) < 4.78 is 10.5. The molecule has 0 bridgehead atoms. The second-order valence-electron chi connectivity index (χ2n) is 7.32. The first-order valence-corrected chi connectivity index (χ1v) is 10.3. The molecule has 0 unspecified atom stereocenters. The van der Waals surface area contributed by atoms with Crippen molar-refractivity contribution < 1.29 is 19.1 Å². The summed E-state index contributed by atoms with van der Waals surface area (Å²) in [6.45, 7) is 2.18. The lowest BCUT2D eigenvalue weighted by Gasteiger charge is -2.10. The van der Waals surface area contributed by atoms with Crippen LogP contribution in [-0.2, 0) is 11.2 Å². The molecule has 3 rings (SSSR count). The standard InChI is InChI=1S/C25H27N3O4/c1-17(27-28-25(30)21-10-9-19-6-4-5-7-20(19)16-21)14-24(29)26-13-12-18-8-11-22(31-2)23(15-18)32-3/h4-11,15-16H,12-14H2,1-3H3,(H,26,29)(H,28,30). The van der Waals surface area contributed by atoms with E-state index >= 15 is 0 Å². The summed E-state index contributed by atoms with van der Waals surface area (Å²) in [6, 6.07) is 18.9.